The number of nitrogens with zero attached hydrogens (tertiary/aromatic N) is 1. The summed E-state index contributed by atoms with van der Waals surface area (Å²) in [6.07, 6.45) is 1.55. The van der Waals surface area contributed by atoms with Crippen molar-refractivity contribution in [2.24, 2.45) is 5.10 Å². The third kappa shape index (κ3) is 6.82. The quantitative estimate of drug-likeness (QED) is 0.183. The Morgan fingerprint density at radius 3 is 2.50 bits per heavy atom. The van der Waals surface area contributed by atoms with Crippen LogP contribution in [0.4, 0.5) is 0 Å². The Hall–Kier alpha value is -3.62. The molecule has 0 aromatic heterocycles. The monoisotopic (exact) mass is 544 g/mol. The van der Waals surface area contributed by atoms with Gasteiger partial charge in [-0.05, 0) is 63.9 Å². The van der Waals surface area contributed by atoms with Gasteiger partial charge < -0.3 is 14.2 Å². The highest BCUT2D eigenvalue weighted by Gasteiger charge is 2.18. The molecule has 194 valence electrons. The number of carbonyl (C=O) groups excluding carboxylic acids is 1. The normalized spacial score (nSPS) is 13.6. The molecule has 0 radical (unpaired) electrons. The van der Waals surface area contributed by atoms with E-state index in [4.69, 9.17) is 14.2 Å². The summed E-state index contributed by atoms with van der Waals surface area (Å²) in [6.45, 7) is 0.306. The summed E-state index contributed by atoms with van der Waals surface area (Å²) in [7, 11) is 1.59. The number of hydrazone groups is 1. The Bertz CT molecular complexity index is 1420. The van der Waals surface area contributed by atoms with E-state index in [2.05, 4.69) is 53.0 Å². The van der Waals surface area contributed by atoms with Crippen LogP contribution >= 0.6 is 23.5 Å². The lowest BCUT2D eigenvalue weighted by Gasteiger charge is -2.12. The molecule has 1 fully saturated rings. The number of rotatable bonds is 10. The van der Waals surface area contributed by atoms with Crippen molar-refractivity contribution in [2.75, 3.05) is 25.2 Å². The van der Waals surface area contributed by atoms with Gasteiger partial charge in [-0.15, -0.1) is 23.5 Å². The third-order valence-corrected chi connectivity index (χ3v) is 9.05. The standard InChI is InChI=1S/C30H28N2O4S2/c1-34-28-17-21(7-13-27(28)36-19-22-6-8-23-4-2-3-5-25(23)16-22)18-31-32-29(33)20-35-26-11-9-24(10-12-26)30-37-14-15-38-30/h2-13,16-18,30H,14-15,19-20H2,1H3,(H,32,33)/b31-18-. The second-order valence-corrected chi connectivity index (χ2v) is 11.3. The van der Waals surface area contributed by atoms with Gasteiger partial charge in [-0.2, -0.15) is 5.10 Å². The number of hydrogen-bond acceptors (Lipinski definition) is 7. The van der Waals surface area contributed by atoms with Gasteiger partial charge in [0.15, 0.2) is 18.1 Å². The number of thioether (sulfide) groups is 2. The molecule has 6 nitrogen and oxygen atoms in total. The second-order valence-electron chi connectivity index (χ2n) is 8.60. The lowest BCUT2D eigenvalue weighted by molar-refractivity contribution is -0.123. The molecular weight excluding hydrogens is 516 g/mol. The molecule has 1 amide bonds. The van der Waals surface area contributed by atoms with Crippen LogP contribution in [0.15, 0.2) is 90.0 Å². The molecule has 4 aromatic rings. The van der Waals surface area contributed by atoms with E-state index in [-0.39, 0.29) is 12.5 Å². The molecule has 38 heavy (non-hydrogen) atoms. The number of hydrogen-bond donors (Lipinski definition) is 1. The van der Waals surface area contributed by atoms with Crippen molar-refractivity contribution in [1.29, 1.82) is 0 Å². The minimum absolute atomic E-state index is 0.117. The van der Waals surface area contributed by atoms with Gasteiger partial charge in [0.05, 0.1) is 17.9 Å². The van der Waals surface area contributed by atoms with E-state index in [1.54, 1.807) is 13.3 Å². The number of benzene rings is 4. The SMILES string of the molecule is COc1cc(/C=N\NC(=O)COc2ccc(C3SCCS3)cc2)ccc1OCc1ccc2ccccc2c1. The number of methoxy groups -OCH3 is 1. The lowest BCUT2D eigenvalue weighted by atomic mass is 10.1. The molecule has 5 rings (SSSR count). The van der Waals surface area contributed by atoms with Crippen molar-refractivity contribution >= 4 is 46.4 Å². The maximum absolute atomic E-state index is 12.2. The van der Waals surface area contributed by atoms with Gasteiger partial charge >= 0.3 is 0 Å². The summed E-state index contributed by atoms with van der Waals surface area (Å²) in [5.41, 5.74) is 5.61. The molecule has 0 spiro atoms. The maximum Gasteiger partial charge on any atom is 0.277 e. The van der Waals surface area contributed by atoms with E-state index >= 15 is 0 Å². The first-order valence-electron chi connectivity index (χ1n) is 12.2. The Morgan fingerprint density at radius 1 is 0.921 bits per heavy atom. The lowest BCUT2D eigenvalue weighted by Crippen LogP contribution is -2.24. The van der Waals surface area contributed by atoms with E-state index in [0.29, 0.717) is 28.4 Å². The van der Waals surface area contributed by atoms with Crippen LogP contribution in [0.2, 0.25) is 0 Å². The first-order valence-corrected chi connectivity index (χ1v) is 14.3. The molecule has 0 bridgehead atoms. The van der Waals surface area contributed by atoms with Gasteiger partial charge in [-0.3, -0.25) is 4.79 Å². The van der Waals surface area contributed by atoms with Crippen molar-refractivity contribution in [1.82, 2.24) is 5.43 Å². The Morgan fingerprint density at radius 2 is 1.71 bits per heavy atom. The number of carbonyl (C=O) groups is 1. The predicted molar refractivity (Wildman–Crippen MR) is 157 cm³/mol. The molecule has 0 unspecified atom stereocenters. The van der Waals surface area contributed by atoms with Crippen LogP contribution in [0.5, 0.6) is 17.2 Å². The van der Waals surface area contributed by atoms with E-state index in [1.807, 2.05) is 66.0 Å². The molecule has 0 aliphatic carbocycles. The van der Waals surface area contributed by atoms with Crippen LogP contribution in [0.25, 0.3) is 10.8 Å². The molecule has 4 aromatic carbocycles. The topological polar surface area (TPSA) is 69.2 Å². The molecular formula is C30H28N2O4S2. The van der Waals surface area contributed by atoms with Gasteiger partial charge in [0.1, 0.15) is 12.4 Å². The summed E-state index contributed by atoms with van der Waals surface area (Å²) in [5, 5.41) is 6.41. The van der Waals surface area contributed by atoms with Crippen LogP contribution in [-0.2, 0) is 11.4 Å². The fourth-order valence-electron chi connectivity index (χ4n) is 4.01. The zero-order chi connectivity index (χ0) is 26.2. The maximum atomic E-state index is 12.2. The van der Waals surface area contributed by atoms with Crippen LogP contribution in [0.3, 0.4) is 0 Å². The minimum atomic E-state index is -0.338. The molecule has 1 N–H and O–H groups in total. The van der Waals surface area contributed by atoms with Crippen molar-refractivity contribution in [3.63, 3.8) is 0 Å². The first-order chi connectivity index (χ1) is 18.7. The van der Waals surface area contributed by atoms with E-state index in [0.717, 1.165) is 11.1 Å². The molecule has 8 heteroatoms. The average molecular weight is 545 g/mol. The van der Waals surface area contributed by atoms with Crippen molar-refractivity contribution < 1.29 is 19.0 Å². The minimum Gasteiger partial charge on any atom is -0.493 e. The molecule has 0 saturated carbocycles. The predicted octanol–water partition coefficient (Wildman–Crippen LogP) is 6.44. The van der Waals surface area contributed by atoms with E-state index in [1.165, 1.54) is 27.8 Å². The fourth-order valence-corrected chi connectivity index (χ4v) is 6.86. The van der Waals surface area contributed by atoms with Gasteiger partial charge in [-0.25, -0.2) is 5.43 Å². The Labute approximate surface area is 230 Å². The van der Waals surface area contributed by atoms with Gasteiger partial charge in [0, 0.05) is 11.5 Å². The highest BCUT2D eigenvalue weighted by molar-refractivity contribution is 8.19. The third-order valence-electron chi connectivity index (χ3n) is 5.94. The Kier molecular flexibility index (Phi) is 8.73. The number of nitrogens with one attached hydrogen (secondary N) is 1. The molecule has 1 aliphatic heterocycles. The van der Waals surface area contributed by atoms with Crippen LogP contribution < -0.4 is 19.6 Å². The van der Waals surface area contributed by atoms with Crippen molar-refractivity contribution in [2.45, 2.75) is 11.2 Å². The summed E-state index contributed by atoms with van der Waals surface area (Å²) in [4.78, 5) is 12.2. The van der Waals surface area contributed by atoms with Crippen LogP contribution in [0.1, 0.15) is 21.3 Å². The van der Waals surface area contributed by atoms with Crippen molar-refractivity contribution in [3.05, 3.63) is 102 Å². The van der Waals surface area contributed by atoms with Gasteiger partial charge in [0.2, 0.25) is 0 Å². The number of amides is 1. The van der Waals surface area contributed by atoms with Crippen molar-refractivity contribution in [3.8, 4) is 17.2 Å². The second kappa shape index (κ2) is 12.8. The highest BCUT2D eigenvalue weighted by atomic mass is 32.2. The summed E-state index contributed by atoms with van der Waals surface area (Å²) < 4.78 is 17.6. The first kappa shape index (κ1) is 26.0. The summed E-state index contributed by atoms with van der Waals surface area (Å²) in [6, 6.07) is 27.9. The molecule has 0 atom stereocenters. The van der Waals surface area contributed by atoms with E-state index < -0.39 is 0 Å². The van der Waals surface area contributed by atoms with Gasteiger partial charge in [0.25, 0.3) is 5.91 Å². The average Bonchev–Trinajstić information content (AvgIpc) is 3.51. The van der Waals surface area contributed by atoms with Crippen LogP contribution in [-0.4, -0.2) is 37.3 Å². The smallest absolute Gasteiger partial charge is 0.277 e. The summed E-state index contributed by atoms with van der Waals surface area (Å²) >= 11 is 3.92. The molecule has 1 saturated heterocycles. The molecule has 1 heterocycles. The largest absolute Gasteiger partial charge is 0.493 e. The van der Waals surface area contributed by atoms with Crippen LogP contribution in [0, 0.1) is 0 Å². The Balaban J connectivity index is 1.10. The molecule has 1 aliphatic rings. The highest BCUT2D eigenvalue weighted by Crippen LogP contribution is 2.45. The zero-order valence-corrected chi connectivity index (χ0v) is 22.6. The van der Waals surface area contributed by atoms with E-state index in [9.17, 15) is 4.79 Å². The fraction of sp³-hybridized carbons (Fsp3) is 0.200. The van der Waals surface area contributed by atoms with Gasteiger partial charge in [-0.1, -0.05) is 48.5 Å². The zero-order valence-electron chi connectivity index (χ0n) is 21.0. The summed E-state index contributed by atoms with van der Waals surface area (Å²) in [5.74, 6) is 3.91. The number of fused-ring (bicyclic) bond motifs is 1. The number of ether oxygens (including phenoxy) is 3.